The fourth-order valence-corrected chi connectivity index (χ4v) is 2.78. The third-order valence-corrected chi connectivity index (χ3v) is 4.17. The van der Waals surface area contributed by atoms with Crippen LogP contribution in [-0.4, -0.2) is 40.1 Å². The fraction of sp³-hybridized carbons (Fsp3) is 0.222. The molecule has 0 fully saturated rings. The SMILES string of the molecule is COc1cccc([C@@]2(O)CC(C(F)(F)F)=NN2C(=O)c2ccccc2O)c1. The van der Waals surface area contributed by atoms with Crippen molar-refractivity contribution in [3.63, 3.8) is 0 Å². The lowest BCUT2D eigenvalue weighted by Gasteiger charge is -2.31. The highest BCUT2D eigenvalue weighted by Crippen LogP contribution is 2.41. The molecule has 1 atom stereocenters. The maximum atomic E-state index is 13.2. The van der Waals surface area contributed by atoms with Gasteiger partial charge in [0.2, 0.25) is 0 Å². The van der Waals surface area contributed by atoms with E-state index < -0.39 is 35.7 Å². The maximum Gasteiger partial charge on any atom is 0.431 e. The third kappa shape index (κ3) is 3.33. The molecule has 1 aliphatic heterocycles. The van der Waals surface area contributed by atoms with Crippen LogP contribution in [0, 0.1) is 0 Å². The van der Waals surface area contributed by atoms with Gasteiger partial charge in [-0.25, -0.2) is 0 Å². The summed E-state index contributed by atoms with van der Waals surface area (Å²) >= 11 is 0. The number of carbonyl (C=O) groups is 1. The molecule has 0 aromatic heterocycles. The molecule has 0 aliphatic carbocycles. The number of hydrogen-bond acceptors (Lipinski definition) is 5. The molecule has 1 amide bonds. The van der Waals surface area contributed by atoms with Crippen LogP contribution in [0.25, 0.3) is 0 Å². The molecular formula is C18H15F3N2O4. The number of phenols is 1. The summed E-state index contributed by atoms with van der Waals surface area (Å²) in [5, 5.41) is 24.6. The summed E-state index contributed by atoms with van der Waals surface area (Å²) in [4.78, 5) is 12.8. The molecule has 6 nitrogen and oxygen atoms in total. The third-order valence-electron chi connectivity index (χ3n) is 4.17. The van der Waals surface area contributed by atoms with Crippen LogP contribution in [0.5, 0.6) is 11.5 Å². The Bertz CT molecular complexity index is 913. The summed E-state index contributed by atoms with van der Waals surface area (Å²) in [6, 6.07) is 11.0. The van der Waals surface area contributed by atoms with Crippen LogP contribution in [0.1, 0.15) is 22.3 Å². The Kier molecular flexibility index (Phi) is 4.56. The number of halogens is 3. The minimum absolute atomic E-state index is 0.00591. The molecule has 0 saturated carbocycles. The van der Waals surface area contributed by atoms with E-state index in [-0.39, 0.29) is 16.9 Å². The molecule has 2 N–H and O–H groups in total. The van der Waals surface area contributed by atoms with Crippen molar-refractivity contribution in [1.82, 2.24) is 5.01 Å². The second-order valence-electron chi connectivity index (χ2n) is 5.90. The predicted octanol–water partition coefficient (Wildman–Crippen LogP) is 3.01. The monoisotopic (exact) mass is 380 g/mol. The zero-order chi connectivity index (χ0) is 19.8. The Morgan fingerprint density at radius 3 is 2.56 bits per heavy atom. The molecule has 0 spiro atoms. The minimum Gasteiger partial charge on any atom is -0.507 e. The van der Waals surface area contributed by atoms with Crippen molar-refractivity contribution in [2.24, 2.45) is 5.10 Å². The summed E-state index contributed by atoms with van der Waals surface area (Å²) in [7, 11) is 1.36. The zero-order valence-corrected chi connectivity index (χ0v) is 14.1. The number of aliphatic hydroxyl groups is 1. The summed E-state index contributed by atoms with van der Waals surface area (Å²) < 4.78 is 44.7. The first kappa shape index (κ1) is 18.7. The molecule has 3 rings (SSSR count). The fourth-order valence-electron chi connectivity index (χ4n) is 2.78. The zero-order valence-electron chi connectivity index (χ0n) is 14.1. The highest BCUT2D eigenvalue weighted by atomic mass is 19.4. The van der Waals surface area contributed by atoms with Gasteiger partial charge in [0, 0.05) is 5.56 Å². The molecule has 0 unspecified atom stereocenters. The van der Waals surface area contributed by atoms with Crippen molar-refractivity contribution >= 4 is 11.6 Å². The van der Waals surface area contributed by atoms with Crippen molar-refractivity contribution in [3.8, 4) is 11.5 Å². The summed E-state index contributed by atoms with van der Waals surface area (Å²) in [5.41, 5.74) is -3.99. The maximum absolute atomic E-state index is 13.2. The second kappa shape index (κ2) is 6.58. The van der Waals surface area contributed by atoms with Crippen molar-refractivity contribution in [2.75, 3.05) is 7.11 Å². The minimum atomic E-state index is -4.83. The van der Waals surface area contributed by atoms with Gasteiger partial charge >= 0.3 is 6.18 Å². The molecule has 1 aliphatic rings. The highest BCUT2D eigenvalue weighted by molar-refractivity contribution is 6.01. The van der Waals surface area contributed by atoms with Crippen molar-refractivity contribution in [2.45, 2.75) is 18.3 Å². The van der Waals surface area contributed by atoms with E-state index in [1.54, 1.807) is 6.07 Å². The van der Waals surface area contributed by atoms with Gasteiger partial charge in [0.05, 0.1) is 19.1 Å². The van der Waals surface area contributed by atoms with Crippen LogP contribution in [0.15, 0.2) is 53.6 Å². The van der Waals surface area contributed by atoms with Crippen molar-refractivity contribution in [1.29, 1.82) is 0 Å². The van der Waals surface area contributed by atoms with E-state index in [4.69, 9.17) is 4.74 Å². The number of para-hydroxylation sites is 1. The number of amides is 1. The van der Waals surface area contributed by atoms with Gasteiger partial charge in [-0.15, -0.1) is 0 Å². The van der Waals surface area contributed by atoms with Gasteiger partial charge in [0.15, 0.2) is 5.72 Å². The molecule has 27 heavy (non-hydrogen) atoms. The number of benzene rings is 2. The summed E-state index contributed by atoms with van der Waals surface area (Å²) in [5.74, 6) is -1.22. The first-order valence-electron chi connectivity index (χ1n) is 7.81. The van der Waals surface area contributed by atoms with Gasteiger partial charge < -0.3 is 14.9 Å². The number of phenolic OH excluding ortho intramolecular Hbond substituents is 1. The van der Waals surface area contributed by atoms with E-state index in [9.17, 15) is 28.2 Å². The molecule has 9 heteroatoms. The van der Waals surface area contributed by atoms with Gasteiger partial charge in [-0.1, -0.05) is 24.3 Å². The summed E-state index contributed by atoms with van der Waals surface area (Å²) in [6.45, 7) is 0. The number of hydrazone groups is 1. The van der Waals surface area contributed by atoms with E-state index in [1.807, 2.05) is 0 Å². The smallest absolute Gasteiger partial charge is 0.431 e. The average Bonchev–Trinajstić information content (AvgIpc) is 3.01. The number of alkyl halides is 3. The molecule has 2 aromatic carbocycles. The quantitative estimate of drug-likeness (QED) is 0.858. The summed E-state index contributed by atoms with van der Waals surface area (Å²) in [6.07, 6.45) is -5.79. The molecular weight excluding hydrogens is 365 g/mol. The van der Waals surface area contributed by atoms with Gasteiger partial charge in [-0.2, -0.15) is 23.3 Å². The molecule has 0 saturated heterocycles. The van der Waals surface area contributed by atoms with Crippen LogP contribution in [0.4, 0.5) is 13.2 Å². The van der Waals surface area contributed by atoms with E-state index >= 15 is 0 Å². The van der Waals surface area contributed by atoms with Gasteiger partial charge in [-0.3, -0.25) is 4.79 Å². The van der Waals surface area contributed by atoms with E-state index in [0.717, 1.165) is 0 Å². The van der Waals surface area contributed by atoms with Crippen LogP contribution in [0.3, 0.4) is 0 Å². The first-order valence-corrected chi connectivity index (χ1v) is 7.81. The lowest BCUT2D eigenvalue weighted by Crippen LogP contribution is -2.43. The Hall–Kier alpha value is -3.07. The van der Waals surface area contributed by atoms with E-state index in [1.165, 1.54) is 49.6 Å². The number of aromatic hydroxyl groups is 1. The van der Waals surface area contributed by atoms with Gasteiger partial charge in [-0.05, 0) is 24.3 Å². The van der Waals surface area contributed by atoms with Gasteiger partial charge in [0.1, 0.15) is 17.2 Å². The number of hydrogen-bond donors (Lipinski definition) is 2. The van der Waals surface area contributed by atoms with Crippen molar-refractivity contribution in [3.05, 3.63) is 59.7 Å². The number of ether oxygens (including phenoxy) is 1. The lowest BCUT2D eigenvalue weighted by atomic mass is 9.96. The molecule has 0 bridgehead atoms. The van der Waals surface area contributed by atoms with Crippen LogP contribution in [-0.2, 0) is 5.72 Å². The lowest BCUT2D eigenvalue weighted by molar-refractivity contribution is -0.0817. The largest absolute Gasteiger partial charge is 0.507 e. The number of rotatable bonds is 3. The Balaban J connectivity index is 2.11. The molecule has 2 aromatic rings. The number of carbonyl (C=O) groups excluding carboxylic acids is 1. The predicted molar refractivity (Wildman–Crippen MR) is 89.3 cm³/mol. The molecule has 1 heterocycles. The van der Waals surface area contributed by atoms with E-state index in [0.29, 0.717) is 5.01 Å². The molecule has 0 radical (unpaired) electrons. The Morgan fingerprint density at radius 1 is 1.22 bits per heavy atom. The first-order chi connectivity index (χ1) is 12.7. The van der Waals surface area contributed by atoms with Gasteiger partial charge in [0.25, 0.3) is 5.91 Å². The van der Waals surface area contributed by atoms with Crippen LogP contribution in [0.2, 0.25) is 0 Å². The second-order valence-corrected chi connectivity index (χ2v) is 5.90. The Labute approximate surface area is 152 Å². The Morgan fingerprint density at radius 2 is 1.93 bits per heavy atom. The standard InChI is InChI=1S/C18H15F3N2O4/c1-27-12-6-4-5-11(9-12)17(26)10-15(18(19,20)21)22-23(17)16(25)13-7-2-3-8-14(13)24/h2-9,24,26H,10H2,1H3/t17-/m0/s1. The molecule has 142 valence electrons. The van der Waals surface area contributed by atoms with Crippen LogP contribution < -0.4 is 4.74 Å². The number of nitrogens with zero attached hydrogens (tertiary/aromatic N) is 2. The van der Waals surface area contributed by atoms with Crippen LogP contribution >= 0.6 is 0 Å². The van der Waals surface area contributed by atoms with Crippen molar-refractivity contribution < 1.29 is 32.9 Å². The average molecular weight is 380 g/mol. The number of methoxy groups -OCH3 is 1. The topological polar surface area (TPSA) is 82.4 Å². The highest BCUT2D eigenvalue weighted by Gasteiger charge is 2.53. The van der Waals surface area contributed by atoms with E-state index in [2.05, 4.69) is 5.10 Å². The normalized spacial score (nSPS) is 19.7.